The number of nitrogens with zero attached hydrogens (tertiary/aromatic N) is 3. The van der Waals surface area contributed by atoms with E-state index in [1.165, 1.54) is 104 Å². The first-order valence-electron chi connectivity index (χ1n) is 17.0. The van der Waals surface area contributed by atoms with E-state index in [1.54, 1.807) is 0 Å². The zero-order valence-corrected chi connectivity index (χ0v) is 26.4. The van der Waals surface area contributed by atoms with E-state index < -0.39 is 0 Å². The molecule has 3 heteroatoms. The average Bonchev–Trinajstić information content (AvgIpc) is 3.88. The fourth-order valence-corrected chi connectivity index (χ4v) is 8.95. The third kappa shape index (κ3) is 3.17. The van der Waals surface area contributed by atoms with Crippen LogP contribution in [0.4, 0.5) is 0 Å². The highest BCUT2D eigenvalue weighted by Crippen LogP contribution is 2.44. The molecule has 0 aliphatic carbocycles. The minimum Gasteiger partial charge on any atom is -0.309 e. The normalized spacial score (nSPS) is 12.5. The molecular formula is C46H27N3. The van der Waals surface area contributed by atoms with Crippen molar-refractivity contribution in [2.75, 3.05) is 0 Å². The van der Waals surface area contributed by atoms with Gasteiger partial charge in [0.1, 0.15) is 0 Å². The maximum absolute atomic E-state index is 2.48. The Kier molecular flexibility index (Phi) is 4.72. The van der Waals surface area contributed by atoms with Gasteiger partial charge in [-0.05, 0) is 77.5 Å². The summed E-state index contributed by atoms with van der Waals surface area (Å²) in [6.07, 6.45) is 0. The van der Waals surface area contributed by atoms with Crippen molar-refractivity contribution in [1.29, 1.82) is 0 Å². The molecule has 0 bridgehead atoms. The number of hydrogen-bond acceptors (Lipinski definition) is 0. The van der Waals surface area contributed by atoms with Gasteiger partial charge in [-0.15, -0.1) is 0 Å². The molecule has 49 heavy (non-hydrogen) atoms. The second-order valence-corrected chi connectivity index (χ2v) is 13.3. The number of fused-ring (bicyclic) bond motifs is 14. The van der Waals surface area contributed by atoms with Gasteiger partial charge >= 0.3 is 0 Å². The van der Waals surface area contributed by atoms with Crippen molar-refractivity contribution in [3.05, 3.63) is 164 Å². The minimum atomic E-state index is 1.17. The lowest BCUT2D eigenvalue weighted by Gasteiger charge is -2.10. The second kappa shape index (κ2) is 9.06. The molecular weight excluding hydrogens is 595 g/mol. The van der Waals surface area contributed by atoms with Gasteiger partial charge in [-0.3, -0.25) is 0 Å². The molecule has 0 radical (unpaired) electrons. The summed E-state index contributed by atoms with van der Waals surface area (Å²) in [4.78, 5) is 0. The molecule has 4 aromatic heterocycles. The SMILES string of the molecule is c1ccc(-n2c3ccccc3c3cc(-n4c5ccccc5c5c6cc7c8cccc9c%10ccccc%10n(c7cc6ccc54)c98)ccc32)cc1. The van der Waals surface area contributed by atoms with Crippen LogP contribution in [0.3, 0.4) is 0 Å². The third-order valence-electron chi connectivity index (χ3n) is 10.9. The highest BCUT2D eigenvalue weighted by Gasteiger charge is 2.21. The molecule has 0 atom stereocenters. The average molecular weight is 622 g/mol. The van der Waals surface area contributed by atoms with Crippen LogP contribution in [0, 0.1) is 0 Å². The van der Waals surface area contributed by atoms with E-state index in [2.05, 4.69) is 177 Å². The minimum absolute atomic E-state index is 1.17. The van der Waals surface area contributed by atoms with E-state index in [4.69, 9.17) is 0 Å². The van der Waals surface area contributed by atoms with Crippen LogP contribution in [-0.4, -0.2) is 13.5 Å². The standard InChI is InChI=1S/C46H27N3/c1-2-11-29(12-3-1)47-39-18-7-5-14-32(39)37-26-30(22-24-42(37)47)48-41-20-9-6-15-35(41)45-36-27-38-34-17-10-16-33-31-13-4-8-19-40(31)49(46(33)34)44(38)25-28(36)21-23-43(45)48/h1-27H. The van der Waals surface area contributed by atoms with E-state index >= 15 is 0 Å². The Morgan fingerprint density at radius 1 is 0.286 bits per heavy atom. The number of rotatable bonds is 2. The van der Waals surface area contributed by atoms with Crippen molar-refractivity contribution in [2.24, 2.45) is 0 Å². The number of benzene rings is 8. The highest BCUT2D eigenvalue weighted by atomic mass is 15.0. The van der Waals surface area contributed by atoms with Crippen molar-refractivity contribution >= 4 is 92.5 Å². The first-order chi connectivity index (χ1) is 24.3. The van der Waals surface area contributed by atoms with Crippen LogP contribution < -0.4 is 0 Å². The quantitative estimate of drug-likeness (QED) is 0.182. The van der Waals surface area contributed by atoms with Gasteiger partial charge in [-0.25, -0.2) is 0 Å². The summed E-state index contributed by atoms with van der Waals surface area (Å²) >= 11 is 0. The van der Waals surface area contributed by atoms with Crippen LogP contribution >= 0.6 is 0 Å². The van der Waals surface area contributed by atoms with Crippen molar-refractivity contribution < 1.29 is 0 Å². The van der Waals surface area contributed by atoms with Gasteiger partial charge in [0.15, 0.2) is 0 Å². The molecule has 0 spiro atoms. The lowest BCUT2D eigenvalue weighted by atomic mass is 10.0. The summed E-state index contributed by atoms with van der Waals surface area (Å²) in [5, 5.41) is 12.9. The number of hydrogen-bond donors (Lipinski definition) is 0. The third-order valence-corrected chi connectivity index (χ3v) is 10.9. The molecule has 12 aromatic rings. The Morgan fingerprint density at radius 2 is 0.857 bits per heavy atom. The summed E-state index contributed by atoms with van der Waals surface area (Å²) in [7, 11) is 0. The van der Waals surface area contributed by atoms with Gasteiger partial charge in [0.05, 0.1) is 38.6 Å². The van der Waals surface area contributed by atoms with Gasteiger partial charge < -0.3 is 13.5 Å². The summed E-state index contributed by atoms with van der Waals surface area (Å²) in [6.45, 7) is 0. The fraction of sp³-hybridized carbons (Fsp3) is 0. The summed E-state index contributed by atoms with van der Waals surface area (Å²) in [5.74, 6) is 0. The van der Waals surface area contributed by atoms with Crippen molar-refractivity contribution in [1.82, 2.24) is 13.5 Å². The molecule has 0 fully saturated rings. The molecule has 3 nitrogen and oxygen atoms in total. The van der Waals surface area contributed by atoms with E-state index in [-0.39, 0.29) is 0 Å². The van der Waals surface area contributed by atoms with Crippen LogP contribution in [0.1, 0.15) is 0 Å². The summed E-state index contributed by atoms with van der Waals surface area (Å²) < 4.78 is 7.32. The first kappa shape index (κ1) is 25.5. The predicted molar refractivity (Wildman–Crippen MR) is 207 cm³/mol. The fourth-order valence-electron chi connectivity index (χ4n) is 8.95. The first-order valence-corrected chi connectivity index (χ1v) is 17.0. The molecule has 0 aliphatic heterocycles. The van der Waals surface area contributed by atoms with Gasteiger partial charge in [-0.2, -0.15) is 0 Å². The topological polar surface area (TPSA) is 14.3 Å². The molecule has 0 saturated heterocycles. The molecule has 226 valence electrons. The maximum atomic E-state index is 2.48. The van der Waals surface area contributed by atoms with Crippen molar-refractivity contribution in [2.45, 2.75) is 0 Å². The van der Waals surface area contributed by atoms with Crippen LogP contribution in [0.15, 0.2) is 164 Å². The molecule has 0 aliphatic rings. The van der Waals surface area contributed by atoms with E-state index in [0.717, 1.165) is 0 Å². The van der Waals surface area contributed by atoms with Crippen molar-refractivity contribution in [3.8, 4) is 11.4 Å². The molecule has 0 saturated carbocycles. The summed E-state index contributed by atoms with van der Waals surface area (Å²) in [6, 6.07) is 60.4. The van der Waals surface area contributed by atoms with Gasteiger partial charge in [0, 0.05) is 54.5 Å². The van der Waals surface area contributed by atoms with Gasteiger partial charge in [0.25, 0.3) is 0 Å². The Labute approximate surface area is 280 Å². The molecule has 8 aromatic carbocycles. The van der Waals surface area contributed by atoms with Crippen molar-refractivity contribution in [3.63, 3.8) is 0 Å². The summed E-state index contributed by atoms with van der Waals surface area (Å²) in [5.41, 5.74) is 11.1. The van der Waals surface area contributed by atoms with Crippen LogP contribution in [0.5, 0.6) is 0 Å². The van der Waals surface area contributed by atoms with Crippen LogP contribution in [-0.2, 0) is 0 Å². The van der Waals surface area contributed by atoms with Crippen LogP contribution in [0.2, 0.25) is 0 Å². The molecule has 0 unspecified atom stereocenters. The van der Waals surface area contributed by atoms with E-state index in [1.807, 2.05) is 0 Å². The second-order valence-electron chi connectivity index (χ2n) is 13.3. The highest BCUT2D eigenvalue weighted by molar-refractivity contribution is 6.28. The monoisotopic (exact) mass is 621 g/mol. The van der Waals surface area contributed by atoms with Gasteiger partial charge in [-0.1, -0.05) is 97.1 Å². The predicted octanol–water partition coefficient (Wildman–Crippen LogP) is 12.2. The molecule has 0 amide bonds. The van der Waals surface area contributed by atoms with Crippen LogP contribution in [0.25, 0.3) is 104 Å². The largest absolute Gasteiger partial charge is 0.309 e. The molecule has 4 heterocycles. The maximum Gasteiger partial charge on any atom is 0.0620 e. The number of aromatic nitrogens is 3. The lowest BCUT2D eigenvalue weighted by Crippen LogP contribution is -1.95. The number of para-hydroxylation sites is 5. The lowest BCUT2D eigenvalue weighted by molar-refractivity contribution is 1.17. The molecule has 12 rings (SSSR count). The van der Waals surface area contributed by atoms with Gasteiger partial charge in [0.2, 0.25) is 0 Å². The Hall–Kier alpha value is -6.58. The van der Waals surface area contributed by atoms with E-state index in [0.29, 0.717) is 0 Å². The smallest absolute Gasteiger partial charge is 0.0620 e. The Bertz CT molecular complexity index is 3320. The zero-order chi connectivity index (χ0) is 31.8. The zero-order valence-electron chi connectivity index (χ0n) is 26.4. The Balaban J connectivity index is 1.18. The Morgan fingerprint density at radius 3 is 1.67 bits per heavy atom. The van der Waals surface area contributed by atoms with E-state index in [9.17, 15) is 0 Å². The molecule has 0 N–H and O–H groups in total.